The van der Waals surface area contributed by atoms with Gasteiger partial charge < -0.3 is 27.4 Å². The zero-order valence-corrected chi connectivity index (χ0v) is 13.4. The lowest BCUT2D eigenvalue weighted by Crippen LogP contribution is -2.72. The maximum Gasteiger partial charge on any atom is 0.241 e. The Bertz CT molecular complexity index is 869. The number of ketones is 1. The van der Waals surface area contributed by atoms with Crippen LogP contribution in [0.5, 0.6) is 0 Å². The van der Waals surface area contributed by atoms with Crippen molar-refractivity contribution in [1.29, 1.82) is 0 Å². The highest BCUT2D eigenvalue weighted by Crippen LogP contribution is 2.38. The molecule has 0 heterocycles. The van der Waals surface area contributed by atoms with E-state index in [1.54, 1.807) is 54.6 Å². The first-order valence-electron chi connectivity index (χ1n) is 7.67. The van der Waals surface area contributed by atoms with Crippen molar-refractivity contribution in [3.05, 3.63) is 89.1 Å². The smallest absolute Gasteiger partial charge is 0.241 e. The average Bonchev–Trinajstić information content (AvgIpc) is 2.61. The number of hydrogen-bond donors (Lipinski definition) is 5. The summed E-state index contributed by atoms with van der Waals surface area (Å²) in [6, 6.07) is 17.3. The van der Waals surface area contributed by atoms with Crippen LogP contribution in [0, 0.1) is 0 Å². The van der Waals surface area contributed by atoms with Crippen LogP contribution in [0.1, 0.15) is 15.9 Å². The molecule has 3 rings (SSSR count). The number of carbonyl (C=O) groups excluding carboxylic acids is 1. The van der Waals surface area contributed by atoms with Gasteiger partial charge in [0.25, 0.3) is 0 Å². The number of rotatable bonds is 3. The molecule has 2 aromatic rings. The van der Waals surface area contributed by atoms with Crippen molar-refractivity contribution in [2.45, 2.75) is 11.4 Å². The second kappa shape index (κ2) is 5.94. The van der Waals surface area contributed by atoms with Crippen LogP contribution < -0.4 is 17.2 Å². The fourth-order valence-corrected chi connectivity index (χ4v) is 2.85. The minimum absolute atomic E-state index is 0.121. The molecule has 0 atom stereocenters. The lowest BCUT2D eigenvalue weighted by atomic mass is 9.76. The third kappa shape index (κ3) is 2.67. The lowest BCUT2D eigenvalue weighted by Gasteiger charge is -2.42. The molecule has 0 aliphatic heterocycles. The topological polar surface area (TPSA) is 136 Å². The molecule has 25 heavy (non-hydrogen) atoms. The lowest BCUT2D eigenvalue weighted by molar-refractivity contribution is -0.169. The maximum atomic E-state index is 13.1. The Morgan fingerprint density at radius 2 is 1.40 bits per heavy atom. The van der Waals surface area contributed by atoms with Gasteiger partial charge in [-0.05, 0) is 17.2 Å². The molecule has 0 radical (unpaired) electrons. The average molecular weight is 337 g/mol. The van der Waals surface area contributed by atoms with Crippen LogP contribution in [0.2, 0.25) is 0 Å². The molecule has 8 N–H and O–H groups in total. The monoisotopic (exact) mass is 337 g/mol. The first-order valence-corrected chi connectivity index (χ1v) is 7.67. The Kier molecular flexibility index (Phi) is 4.06. The van der Waals surface area contributed by atoms with Gasteiger partial charge >= 0.3 is 0 Å². The fraction of sp³-hybridized carbons (Fsp3) is 0.105. The molecule has 0 unspecified atom stereocenters. The minimum atomic E-state index is -2.76. The zero-order chi connectivity index (χ0) is 18.2. The number of nitrogens with two attached hydrogens (primary N) is 3. The summed E-state index contributed by atoms with van der Waals surface area (Å²) in [5.41, 5.74) is 16.4. The van der Waals surface area contributed by atoms with E-state index >= 15 is 0 Å². The van der Waals surface area contributed by atoms with Gasteiger partial charge in [0, 0.05) is 11.1 Å². The highest BCUT2D eigenvalue weighted by molar-refractivity contribution is 6.16. The molecular formula is C19H19N3O3. The van der Waals surface area contributed by atoms with Gasteiger partial charge in [0.2, 0.25) is 5.79 Å². The molecule has 6 heteroatoms. The van der Waals surface area contributed by atoms with Crippen LogP contribution in [-0.4, -0.2) is 27.4 Å². The highest BCUT2D eigenvalue weighted by atomic mass is 16.5. The predicted molar refractivity (Wildman–Crippen MR) is 94.7 cm³/mol. The van der Waals surface area contributed by atoms with Crippen LogP contribution >= 0.6 is 0 Å². The number of aliphatic hydroxyl groups is 2. The summed E-state index contributed by atoms with van der Waals surface area (Å²) >= 11 is 0. The molecule has 128 valence electrons. The van der Waals surface area contributed by atoms with Crippen LogP contribution in [0.4, 0.5) is 0 Å². The van der Waals surface area contributed by atoms with E-state index in [2.05, 4.69) is 0 Å². The molecular weight excluding hydrogens is 318 g/mol. The third-order valence-electron chi connectivity index (χ3n) is 4.31. The first kappa shape index (κ1) is 17.1. The number of benzene rings is 2. The van der Waals surface area contributed by atoms with Gasteiger partial charge in [-0.2, -0.15) is 0 Å². The Labute approximate surface area is 144 Å². The molecule has 2 aromatic carbocycles. The van der Waals surface area contributed by atoms with Gasteiger partial charge in [-0.15, -0.1) is 0 Å². The molecule has 6 nitrogen and oxygen atoms in total. The van der Waals surface area contributed by atoms with E-state index in [0.717, 1.165) is 0 Å². The van der Waals surface area contributed by atoms with Crippen LogP contribution in [-0.2, 0) is 0 Å². The minimum Gasteiger partial charge on any atom is -0.398 e. The molecule has 0 amide bonds. The van der Waals surface area contributed by atoms with E-state index in [1.807, 2.05) is 6.07 Å². The molecule has 0 fully saturated rings. The van der Waals surface area contributed by atoms with Gasteiger partial charge in [-0.1, -0.05) is 60.7 Å². The first-order chi connectivity index (χ1) is 11.8. The van der Waals surface area contributed by atoms with E-state index < -0.39 is 17.2 Å². The Hall–Kier alpha value is -2.77. The summed E-state index contributed by atoms with van der Waals surface area (Å²) in [5.74, 6) is -3.26. The highest BCUT2D eigenvalue weighted by Gasteiger charge is 2.54. The summed E-state index contributed by atoms with van der Waals surface area (Å²) in [6.07, 6.45) is 1.32. The molecule has 0 saturated carbocycles. The second-order valence-electron chi connectivity index (χ2n) is 5.99. The zero-order valence-electron chi connectivity index (χ0n) is 13.4. The molecule has 0 saturated heterocycles. The number of carbonyl (C=O) groups is 1. The van der Waals surface area contributed by atoms with E-state index in [0.29, 0.717) is 16.7 Å². The SMILES string of the molecule is NC1=CC(c2ccccc2)=C(C(=O)c2ccccc2)C(N)(N)C1(O)O. The normalized spacial score (nSPS) is 18.6. The Morgan fingerprint density at radius 1 is 0.880 bits per heavy atom. The van der Waals surface area contributed by atoms with Gasteiger partial charge in [0.15, 0.2) is 11.4 Å². The van der Waals surface area contributed by atoms with Crippen LogP contribution in [0.25, 0.3) is 5.57 Å². The second-order valence-corrected chi connectivity index (χ2v) is 5.99. The predicted octanol–water partition coefficient (Wildman–Crippen LogP) is 0.474. The Morgan fingerprint density at radius 3 is 1.96 bits per heavy atom. The van der Waals surface area contributed by atoms with Crippen LogP contribution in [0.15, 0.2) is 78.0 Å². The number of hydrogen-bond acceptors (Lipinski definition) is 6. The summed E-state index contributed by atoms with van der Waals surface area (Å²) in [6.45, 7) is 0. The summed E-state index contributed by atoms with van der Waals surface area (Å²) in [4.78, 5) is 13.1. The van der Waals surface area contributed by atoms with Crippen molar-refractivity contribution < 1.29 is 15.0 Å². The van der Waals surface area contributed by atoms with Crippen molar-refractivity contribution in [3.8, 4) is 0 Å². The van der Waals surface area contributed by atoms with E-state index in [9.17, 15) is 15.0 Å². The molecule has 0 spiro atoms. The van der Waals surface area contributed by atoms with Crippen molar-refractivity contribution in [3.63, 3.8) is 0 Å². The van der Waals surface area contributed by atoms with E-state index in [1.165, 1.54) is 6.08 Å². The number of allylic oxidation sites excluding steroid dienone is 2. The fourth-order valence-electron chi connectivity index (χ4n) is 2.85. The quantitative estimate of drug-likeness (QED) is 0.408. The van der Waals surface area contributed by atoms with Crippen molar-refractivity contribution in [1.82, 2.24) is 0 Å². The standard InChI is InChI=1S/C19H19N3O3/c20-15-11-14(12-7-3-1-4-8-12)16(18(21,22)19(15,24)25)17(23)13-9-5-2-6-10-13/h1-11,24-25H,20-22H2. The largest absolute Gasteiger partial charge is 0.398 e. The molecule has 1 aliphatic rings. The summed E-state index contributed by atoms with van der Waals surface area (Å²) in [7, 11) is 0. The van der Waals surface area contributed by atoms with Crippen LogP contribution in [0.3, 0.4) is 0 Å². The molecule has 1 aliphatic carbocycles. The van der Waals surface area contributed by atoms with Crippen molar-refractivity contribution in [2.75, 3.05) is 0 Å². The number of Topliss-reactive ketones (excluding diaryl/α,β-unsaturated/α-hetero) is 1. The maximum absolute atomic E-state index is 13.1. The van der Waals surface area contributed by atoms with Crippen molar-refractivity contribution >= 4 is 11.4 Å². The molecule has 0 bridgehead atoms. The molecule has 0 aromatic heterocycles. The van der Waals surface area contributed by atoms with Gasteiger partial charge in [0.1, 0.15) is 0 Å². The Balaban J connectivity index is 2.30. The summed E-state index contributed by atoms with van der Waals surface area (Å²) < 4.78 is 0. The van der Waals surface area contributed by atoms with Crippen molar-refractivity contribution in [2.24, 2.45) is 17.2 Å². The van der Waals surface area contributed by atoms with E-state index in [-0.39, 0.29) is 11.3 Å². The van der Waals surface area contributed by atoms with Gasteiger partial charge in [-0.3, -0.25) is 4.79 Å². The van der Waals surface area contributed by atoms with Gasteiger partial charge in [-0.25, -0.2) is 0 Å². The van der Waals surface area contributed by atoms with E-state index in [4.69, 9.17) is 17.2 Å². The summed E-state index contributed by atoms with van der Waals surface area (Å²) in [5, 5.41) is 20.7. The third-order valence-corrected chi connectivity index (χ3v) is 4.31. The van der Waals surface area contributed by atoms with Gasteiger partial charge in [0.05, 0.1) is 5.70 Å².